The molecule has 0 saturated carbocycles. The molecule has 5 heteroatoms. The minimum absolute atomic E-state index is 0.650. The Bertz CT molecular complexity index is 718. The highest BCUT2D eigenvalue weighted by atomic mass is 14.9. The molecule has 0 aliphatic carbocycles. The molecule has 0 aliphatic rings. The Kier molecular flexibility index (Phi) is 4.37. The summed E-state index contributed by atoms with van der Waals surface area (Å²) < 4.78 is 0. The number of nitrogens with zero attached hydrogens (tertiary/aromatic N) is 5. The van der Waals surface area contributed by atoms with Crippen LogP contribution in [-0.4, -0.2) is 27.4 Å². The van der Waals surface area contributed by atoms with Crippen LogP contribution < -0.4 is 0 Å². The van der Waals surface area contributed by atoms with Gasteiger partial charge in [-0.25, -0.2) is 24.9 Å². The number of rotatable bonds is 4. The highest BCUT2D eigenvalue weighted by Gasteiger charge is 1.94. The van der Waals surface area contributed by atoms with Crippen molar-refractivity contribution in [1.82, 2.24) is 15.0 Å². The molecule has 0 radical (unpaired) electrons. The van der Waals surface area contributed by atoms with E-state index in [1.807, 2.05) is 54.6 Å². The topological polar surface area (TPSA) is 63.4 Å². The standard InChI is InChI=1S/C17H13N5/c1-3-10-18-16(8-1)20-12-14-6-5-7-15(22-14)13-21-17-9-2-4-11-19-17/h1-13H. The molecule has 3 aromatic heterocycles. The average molecular weight is 287 g/mol. The predicted octanol–water partition coefficient (Wildman–Crippen LogP) is 3.37. The van der Waals surface area contributed by atoms with E-state index in [2.05, 4.69) is 24.9 Å². The molecule has 3 rings (SSSR count). The van der Waals surface area contributed by atoms with Gasteiger partial charge in [0.15, 0.2) is 11.6 Å². The first-order valence-corrected chi connectivity index (χ1v) is 6.77. The molecule has 0 amide bonds. The van der Waals surface area contributed by atoms with Gasteiger partial charge in [-0.3, -0.25) is 0 Å². The van der Waals surface area contributed by atoms with E-state index in [1.165, 1.54) is 0 Å². The molecule has 0 unspecified atom stereocenters. The molecule has 0 spiro atoms. The lowest BCUT2D eigenvalue weighted by atomic mass is 10.3. The van der Waals surface area contributed by atoms with E-state index in [4.69, 9.17) is 0 Å². The molecule has 0 atom stereocenters. The van der Waals surface area contributed by atoms with Gasteiger partial charge in [-0.05, 0) is 36.4 Å². The Morgan fingerprint density at radius 3 is 1.64 bits per heavy atom. The summed E-state index contributed by atoms with van der Waals surface area (Å²) >= 11 is 0. The molecule has 0 fully saturated rings. The lowest BCUT2D eigenvalue weighted by Gasteiger charge is -1.96. The van der Waals surface area contributed by atoms with Crippen molar-refractivity contribution in [3.05, 3.63) is 78.4 Å². The van der Waals surface area contributed by atoms with Crippen LogP contribution in [-0.2, 0) is 0 Å². The molecule has 0 saturated heterocycles. The van der Waals surface area contributed by atoms with Crippen LogP contribution in [0.15, 0.2) is 77.0 Å². The summed E-state index contributed by atoms with van der Waals surface area (Å²) in [7, 11) is 0. The lowest BCUT2D eigenvalue weighted by molar-refractivity contribution is 1.24. The van der Waals surface area contributed by atoms with Gasteiger partial charge in [-0.2, -0.15) is 0 Å². The Morgan fingerprint density at radius 1 is 0.636 bits per heavy atom. The van der Waals surface area contributed by atoms with Crippen molar-refractivity contribution in [3.8, 4) is 0 Å². The lowest BCUT2D eigenvalue weighted by Crippen LogP contribution is -1.93. The normalized spacial score (nSPS) is 11.3. The van der Waals surface area contributed by atoms with Crippen molar-refractivity contribution in [2.75, 3.05) is 0 Å². The summed E-state index contributed by atoms with van der Waals surface area (Å²) in [5.74, 6) is 1.30. The highest BCUT2D eigenvalue weighted by molar-refractivity contribution is 5.83. The number of aromatic nitrogens is 3. The zero-order valence-electron chi connectivity index (χ0n) is 11.7. The predicted molar refractivity (Wildman–Crippen MR) is 87.2 cm³/mol. The van der Waals surface area contributed by atoms with Crippen LogP contribution in [0.4, 0.5) is 11.6 Å². The number of pyridine rings is 3. The molecule has 0 aliphatic heterocycles. The zero-order chi connectivity index (χ0) is 15.0. The van der Waals surface area contributed by atoms with Crippen molar-refractivity contribution >= 4 is 24.1 Å². The Balaban J connectivity index is 1.75. The molecule has 0 aromatic carbocycles. The third-order valence-electron chi connectivity index (χ3n) is 2.75. The van der Waals surface area contributed by atoms with Crippen molar-refractivity contribution < 1.29 is 0 Å². The summed E-state index contributed by atoms with van der Waals surface area (Å²) in [5.41, 5.74) is 1.49. The fourth-order valence-corrected chi connectivity index (χ4v) is 1.74. The van der Waals surface area contributed by atoms with Crippen molar-refractivity contribution in [1.29, 1.82) is 0 Å². The minimum Gasteiger partial charge on any atom is -0.246 e. The molecule has 3 heterocycles. The van der Waals surface area contributed by atoms with E-state index in [0.717, 1.165) is 11.4 Å². The van der Waals surface area contributed by atoms with E-state index >= 15 is 0 Å². The van der Waals surface area contributed by atoms with Crippen molar-refractivity contribution in [2.24, 2.45) is 9.98 Å². The second-order valence-corrected chi connectivity index (χ2v) is 4.38. The fourth-order valence-electron chi connectivity index (χ4n) is 1.74. The molecule has 0 N–H and O–H groups in total. The molecular weight excluding hydrogens is 274 g/mol. The van der Waals surface area contributed by atoms with E-state index in [9.17, 15) is 0 Å². The zero-order valence-corrected chi connectivity index (χ0v) is 11.7. The SMILES string of the molecule is C(=Nc1ccccn1)c1cccc(C=Nc2ccccn2)n1. The minimum atomic E-state index is 0.650. The average Bonchev–Trinajstić information content (AvgIpc) is 2.60. The van der Waals surface area contributed by atoms with Gasteiger partial charge >= 0.3 is 0 Å². The number of hydrogen-bond acceptors (Lipinski definition) is 5. The second-order valence-electron chi connectivity index (χ2n) is 4.38. The maximum atomic E-state index is 4.45. The Hall–Kier alpha value is -3.21. The maximum Gasteiger partial charge on any atom is 0.151 e. The first-order valence-electron chi connectivity index (χ1n) is 6.77. The van der Waals surface area contributed by atoms with Crippen LogP contribution in [0.2, 0.25) is 0 Å². The fraction of sp³-hybridized carbons (Fsp3) is 0. The van der Waals surface area contributed by atoms with Gasteiger partial charge in [0, 0.05) is 12.4 Å². The van der Waals surface area contributed by atoms with Crippen LogP contribution in [0, 0.1) is 0 Å². The third-order valence-corrected chi connectivity index (χ3v) is 2.75. The second kappa shape index (κ2) is 6.99. The molecule has 106 valence electrons. The molecular formula is C17H13N5. The highest BCUT2D eigenvalue weighted by Crippen LogP contribution is 2.06. The third kappa shape index (κ3) is 3.89. The van der Waals surface area contributed by atoms with Gasteiger partial charge in [0.25, 0.3) is 0 Å². The summed E-state index contributed by atoms with van der Waals surface area (Å²) in [4.78, 5) is 21.3. The van der Waals surface area contributed by atoms with E-state index < -0.39 is 0 Å². The van der Waals surface area contributed by atoms with Crippen LogP contribution >= 0.6 is 0 Å². The Morgan fingerprint density at radius 2 is 1.18 bits per heavy atom. The summed E-state index contributed by atoms with van der Waals surface area (Å²) in [6, 6.07) is 16.8. The first-order chi connectivity index (χ1) is 10.9. The van der Waals surface area contributed by atoms with Crippen LogP contribution in [0.3, 0.4) is 0 Å². The monoisotopic (exact) mass is 287 g/mol. The molecule has 22 heavy (non-hydrogen) atoms. The quantitative estimate of drug-likeness (QED) is 0.691. The van der Waals surface area contributed by atoms with Crippen LogP contribution in [0.5, 0.6) is 0 Å². The van der Waals surface area contributed by atoms with Crippen LogP contribution in [0.1, 0.15) is 11.4 Å². The van der Waals surface area contributed by atoms with Gasteiger partial charge in [-0.1, -0.05) is 18.2 Å². The summed E-state index contributed by atoms with van der Waals surface area (Å²) in [6.07, 6.45) is 6.77. The maximum absolute atomic E-state index is 4.45. The molecule has 0 bridgehead atoms. The van der Waals surface area contributed by atoms with Crippen molar-refractivity contribution in [3.63, 3.8) is 0 Å². The van der Waals surface area contributed by atoms with Gasteiger partial charge in [0.1, 0.15) is 0 Å². The van der Waals surface area contributed by atoms with E-state index in [1.54, 1.807) is 24.8 Å². The van der Waals surface area contributed by atoms with Gasteiger partial charge < -0.3 is 0 Å². The van der Waals surface area contributed by atoms with Crippen molar-refractivity contribution in [2.45, 2.75) is 0 Å². The van der Waals surface area contributed by atoms with Gasteiger partial charge in [0.2, 0.25) is 0 Å². The number of aliphatic imine (C=N–C) groups is 2. The first kappa shape index (κ1) is 13.8. The largest absolute Gasteiger partial charge is 0.246 e. The molecule has 5 nitrogen and oxygen atoms in total. The van der Waals surface area contributed by atoms with E-state index in [-0.39, 0.29) is 0 Å². The number of hydrogen-bond donors (Lipinski definition) is 0. The smallest absolute Gasteiger partial charge is 0.151 e. The summed E-state index contributed by atoms with van der Waals surface area (Å²) in [5, 5.41) is 0. The van der Waals surface area contributed by atoms with Gasteiger partial charge in [0.05, 0.1) is 23.8 Å². The Labute approximate surface area is 128 Å². The summed E-state index contributed by atoms with van der Waals surface area (Å²) in [6.45, 7) is 0. The van der Waals surface area contributed by atoms with E-state index in [0.29, 0.717) is 11.6 Å². The van der Waals surface area contributed by atoms with Gasteiger partial charge in [-0.15, -0.1) is 0 Å². The van der Waals surface area contributed by atoms with Crippen LogP contribution in [0.25, 0.3) is 0 Å². The molecule has 3 aromatic rings.